The average molecular weight is 456 g/mol. The number of benzene rings is 2. The minimum atomic E-state index is -3.94. The Labute approximate surface area is 163 Å². The molecule has 0 radical (unpaired) electrons. The fourth-order valence-electron chi connectivity index (χ4n) is 2.42. The van der Waals surface area contributed by atoms with Crippen molar-refractivity contribution in [2.75, 3.05) is 0 Å². The number of rotatable bonds is 3. The van der Waals surface area contributed by atoms with E-state index < -0.39 is 10.0 Å². The van der Waals surface area contributed by atoms with Gasteiger partial charge in [0.2, 0.25) is 0 Å². The molecule has 0 atom stereocenters. The summed E-state index contributed by atoms with van der Waals surface area (Å²) < 4.78 is 27.5. The highest BCUT2D eigenvalue weighted by molar-refractivity contribution is 9.10. The molecule has 0 aliphatic rings. The number of hydrogen-bond acceptors (Lipinski definition) is 3. The molecule has 0 bridgehead atoms. The maximum atomic E-state index is 13.1. The minimum absolute atomic E-state index is 0.0992. The van der Waals surface area contributed by atoms with Crippen LogP contribution in [0.4, 0.5) is 0 Å². The summed E-state index contributed by atoms with van der Waals surface area (Å²) in [5.41, 5.74) is 0.753. The van der Waals surface area contributed by atoms with Crippen LogP contribution < -0.4 is 0 Å². The zero-order chi connectivity index (χ0) is 18.2. The zero-order valence-electron chi connectivity index (χ0n) is 12.4. The van der Waals surface area contributed by atoms with Gasteiger partial charge in [-0.3, -0.25) is 0 Å². The second-order valence-electron chi connectivity index (χ2n) is 5.05. The Balaban J connectivity index is 2.37. The van der Waals surface area contributed by atoms with Crippen LogP contribution in [0.5, 0.6) is 0 Å². The van der Waals surface area contributed by atoms with Crippen molar-refractivity contribution in [3.63, 3.8) is 0 Å². The first-order chi connectivity index (χ1) is 11.9. The third-order valence-corrected chi connectivity index (χ3v) is 6.60. The van der Waals surface area contributed by atoms with Crippen molar-refractivity contribution < 1.29 is 8.42 Å². The summed E-state index contributed by atoms with van der Waals surface area (Å²) >= 11 is 15.4. The van der Waals surface area contributed by atoms with Crippen molar-refractivity contribution in [3.8, 4) is 17.3 Å². The highest BCUT2D eigenvalue weighted by Crippen LogP contribution is 2.38. The van der Waals surface area contributed by atoms with Crippen molar-refractivity contribution in [2.24, 2.45) is 0 Å². The first-order valence-corrected chi connectivity index (χ1v) is 9.92. The van der Waals surface area contributed by atoms with Gasteiger partial charge in [-0.2, -0.15) is 5.26 Å². The van der Waals surface area contributed by atoms with Gasteiger partial charge in [0, 0.05) is 10.6 Å². The van der Waals surface area contributed by atoms with Crippen molar-refractivity contribution in [2.45, 2.75) is 4.90 Å². The number of nitriles is 1. The van der Waals surface area contributed by atoms with E-state index in [-0.39, 0.29) is 25.8 Å². The minimum Gasteiger partial charge on any atom is -0.226 e. The van der Waals surface area contributed by atoms with Crippen LogP contribution in [0.25, 0.3) is 11.3 Å². The van der Waals surface area contributed by atoms with Crippen molar-refractivity contribution in [1.82, 2.24) is 3.97 Å². The highest BCUT2D eigenvalue weighted by atomic mass is 79.9. The zero-order valence-corrected chi connectivity index (χ0v) is 16.4. The number of nitrogens with zero attached hydrogens (tertiary/aromatic N) is 2. The molecular formula is C17H9BrCl2N2O2S. The third kappa shape index (κ3) is 3.21. The van der Waals surface area contributed by atoms with Crippen LogP contribution in [-0.2, 0) is 10.0 Å². The van der Waals surface area contributed by atoms with Gasteiger partial charge >= 0.3 is 0 Å². The quantitative estimate of drug-likeness (QED) is 0.535. The van der Waals surface area contributed by atoms with E-state index in [1.165, 1.54) is 24.3 Å². The molecule has 0 saturated carbocycles. The number of halogens is 3. The van der Waals surface area contributed by atoms with Crippen molar-refractivity contribution in [3.05, 3.63) is 74.8 Å². The second-order valence-corrected chi connectivity index (χ2v) is 8.49. The average Bonchev–Trinajstić information content (AvgIpc) is 2.92. The molecule has 0 saturated heterocycles. The van der Waals surface area contributed by atoms with E-state index in [1.807, 2.05) is 6.07 Å². The van der Waals surface area contributed by atoms with Gasteiger partial charge in [0.25, 0.3) is 10.0 Å². The van der Waals surface area contributed by atoms with E-state index >= 15 is 0 Å². The summed E-state index contributed by atoms with van der Waals surface area (Å²) in [7, 11) is -3.94. The maximum absolute atomic E-state index is 13.1. The molecule has 1 aromatic heterocycles. The fourth-order valence-corrected chi connectivity index (χ4v) is 5.32. The summed E-state index contributed by atoms with van der Waals surface area (Å²) in [6.45, 7) is 0. The van der Waals surface area contributed by atoms with Crippen LogP contribution in [0.1, 0.15) is 5.56 Å². The topological polar surface area (TPSA) is 62.9 Å². The molecular weight excluding hydrogens is 447 g/mol. The van der Waals surface area contributed by atoms with E-state index in [9.17, 15) is 13.7 Å². The monoisotopic (exact) mass is 454 g/mol. The van der Waals surface area contributed by atoms with Gasteiger partial charge in [0.05, 0.1) is 21.2 Å². The third-order valence-electron chi connectivity index (χ3n) is 3.50. The normalized spacial score (nSPS) is 11.3. The van der Waals surface area contributed by atoms with Gasteiger partial charge in [-0.25, -0.2) is 12.4 Å². The van der Waals surface area contributed by atoms with Gasteiger partial charge in [0.15, 0.2) is 0 Å². The predicted molar refractivity (Wildman–Crippen MR) is 101 cm³/mol. The van der Waals surface area contributed by atoms with Gasteiger partial charge in [-0.1, -0.05) is 41.4 Å². The smallest absolute Gasteiger partial charge is 0.226 e. The molecule has 1 heterocycles. The molecule has 0 unspecified atom stereocenters. The molecule has 2 aromatic carbocycles. The van der Waals surface area contributed by atoms with Crippen LogP contribution in [0, 0.1) is 11.3 Å². The van der Waals surface area contributed by atoms with Crippen molar-refractivity contribution >= 4 is 49.2 Å². The van der Waals surface area contributed by atoms with Gasteiger partial charge in [-0.15, -0.1) is 0 Å². The van der Waals surface area contributed by atoms with E-state index in [1.54, 1.807) is 30.3 Å². The van der Waals surface area contributed by atoms with E-state index in [2.05, 4.69) is 15.9 Å². The SMILES string of the molecule is N#Cc1cc(Br)n(S(=O)(=O)c2ccccc2)c1-c1ccc(Cl)cc1Cl. The largest absolute Gasteiger partial charge is 0.269 e. The Morgan fingerprint density at radius 2 is 1.72 bits per heavy atom. The summed E-state index contributed by atoms with van der Waals surface area (Å²) in [6, 6.07) is 16.1. The first kappa shape index (κ1) is 18.0. The molecule has 0 fully saturated rings. The Kier molecular flexibility index (Phi) is 4.94. The fraction of sp³-hybridized carbons (Fsp3) is 0. The molecule has 0 spiro atoms. The Morgan fingerprint density at radius 3 is 2.32 bits per heavy atom. The Bertz CT molecular complexity index is 1100. The van der Waals surface area contributed by atoms with Crippen LogP contribution in [0.2, 0.25) is 10.0 Å². The van der Waals surface area contributed by atoms with E-state index in [0.717, 1.165) is 3.97 Å². The molecule has 3 rings (SSSR count). The van der Waals surface area contributed by atoms with Crippen molar-refractivity contribution in [1.29, 1.82) is 5.26 Å². The van der Waals surface area contributed by atoms with E-state index in [4.69, 9.17) is 23.2 Å². The molecule has 0 aliphatic heterocycles. The highest BCUT2D eigenvalue weighted by Gasteiger charge is 2.27. The van der Waals surface area contributed by atoms with Crippen LogP contribution in [0.3, 0.4) is 0 Å². The summed E-state index contributed by atoms with van der Waals surface area (Å²) in [4.78, 5) is 0.0992. The predicted octanol–water partition coefficient (Wildman–Crippen LogP) is 5.33. The molecule has 8 heteroatoms. The summed E-state index contributed by atoms with van der Waals surface area (Å²) in [5.74, 6) is 0. The molecule has 126 valence electrons. The van der Waals surface area contributed by atoms with Gasteiger partial charge in [0.1, 0.15) is 10.7 Å². The standard InChI is InChI=1S/C17H9BrCl2N2O2S/c18-16-8-11(10-21)17(14-7-6-12(19)9-15(14)20)22(16)25(23,24)13-4-2-1-3-5-13/h1-9H. The lowest BCUT2D eigenvalue weighted by atomic mass is 10.1. The maximum Gasteiger partial charge on any atom is 0.269 e. The summed E-state index contributed by atoms with van der Waals surface area (Å²) in [6.07, 6.45) is 0. The molecule has 0 aliphatic carbocycles. The molecule has 25 heavy (non-hydrogen) atoms. The van der Waals surface area contributed by atoms with Crippen LogP contribution in [-0.4, -0.2) is 12.4 Å². The number of aromatic nitrogens is 1. The Hall–Kier alpha value is -1.78. The summed E-state index contributed by atoms with van der Waals surface area (Å²) in [5, 5.41) is 10.1. The number of hydrogen-bond donors (Lipinski definition) is 0. The molecule has 4 nitrogen and oxygen atoms in total. The molecule has 0 N–H and O–H groups in total. The lowest BCUT2D eigenvalue weighted by Crippen LogP contribution is -2.14. The molecule has 0 amide bonds. The molecule has 3 aromatic rings. The lowest BCUT2D eigenvalue weighted by Gasteiger charge is -2.13. The van der Waals surface area contributed by atoms with Crippen LogP contribution >= 0.6 is 39.1 Å². The first-order valence-electron chi connectivity index (χ1n) is 6.93. The lowest BCUT2D eigenvalue weighted by molar-refractivity contribution is 0.587. The second kappa shape index (κ2) is 6.85. The van der Waals surface area contributed by atoms with E-state index in [0.29, 0.717) is 10.6 Å². The van der Waals surface area contributed by atoms with Crippen LogP contribution in [0.15, 0.2) is 64.1 Å². The van der Waals surface area contributed by atoms with Gasteiger partial charge in [-0.05, 0) is 52.3 Å². The van der Waals surface area contributed by atoms with Gasteiger partial charge < -0.3 is 0 Å². The Morgan fingerprint density at radius 1 is 1.04 bits per heavy atom.